The van der Waals surface area contributed by atoms with Crippen LogP contribution in [0.15, 0.2) is 35.3 Å². The Labute approximate surface area is 167 Å². The molecule has 0 saturated heterocycles. The molecule has 5 nitrogen and oxygen atoms in total. The van der Waals surface area contributed by atoms with Crippen LogP contribution in [0.2, 0.25) is 0 Å². The summed E-state index contributed by atoms with van der Waals surface area (Å²) in [5.41, 5.74) is 1.36. The minimum Gasteiger partial charge on any atom is -0.356 e. The first-order chi connectivity index (χ1) is 12.9. The molecule has 0 fully saturated rings. The average Bonchev–Trinajstić information content (AvgIpc) is 2.66. The molecule has 1 rings (SSSR count). The van der Waals surface area contributed by atoms with Gasteiger partial charge in [0.25, 0.3) is 0 Å². The summed E-state index contributed by atoms with van der Waals surface area (Å²) in [6, 6.07) is 11.8. The van der Waals surface area contributed by atoms with Gasteiger partial charge in [0, 0.05) is 38.8 Å². The standard InChI is InChI=1S/C22H41N5/c1-19(2)26(5)17-11-10-15-24-22(23-4)25-16-14-20(3)27(6)18-21-12-8-7-9-13-21/h7-9,12-13,19-20H,10-11,14-18H2,1-6H3,(H2,23,24,25). The molecule has 0 bridgehead atoms. The summed E-state index contributed by atoms with van der Waals surface area (Å²) in [5, 5.41) is 6.86. The highest BCUT2D eigenvalue weighted by molar-refractivity contribution is 5.79. The van der Waals surface area contributed by atoms with Crippen LogP contribution in [-0.4, -0.2) is 68.6 Å². The zero-order valence-corrected chi connectivity index (χ0v) is 18.3. The number of benzene rings is 1. The Morgan fingerprint density at radius 2 is 1.63 bits per heavy atom. The van der Waals surface area contributed by atoms with Crippen LogP contribution in [0, 0.1) is 0 Å². The highest BCUT2D eigenvalue weighted by Gasteiger charge is 2.09. The normalized spacial score (nSPS) is 13.4. The minimum absolute atomic E-state index is 0.516. The Morgan fingerprint density at radius 1 is 0.963 bits per heavy atom. The van der Waals surface area contributed by atoms with Crippen molar-refractivity contribution in [3.63, 3.8) is 0 Å². The molecule has 0 aromatic heterocycles. The number of unbranched alkanes of at least 4 members (excludes halogenated alkanes) is 1. The quantitative estimate of drug-likeness (QED) is 0.334. The molecular weight excluding hydrogens is 334 g/mol. The predicted octanol–water partition coefficient (Wildman–Crippen LogP) is 3.18. The van der Waals surface area contributed by atoms with Crippen LogP contribution in [0.25, 0.3) is 0 Å². The average molecular weight is 376 g/mol. The van der Waals surface area contributed by atoms with Crippen molar-refractivity contribution in [3.05, 3.63) is 35.9 Å². The first-order valence-electron chi connectivity index (χ1n) is 10.3. The van der Waals surface area contributed by atoms with Crippen molar-refractivity contribution in [3.8, 4) is 0 Å². The summed E-state index contributed by atoms with van der Waals surface area (Å²) in [5.74, 6) is 0.908. The van der Waals surface area contributed by atoms with Crippen LogP contribution in [0.5, 0.6) is 0 Å². The lowest BCUT2D eigenvalue weighted by Crippen LogP contribution is -2.40. The first kappa shape index (κ1) is 23.4. The Morgan fingerprint density at radius 3 is 2.26 bits per heavy atom. The van der Waals surface area contributed by atoms with Gasteiger partial charge in [-0.3, -0.25) is 9.89 Å². The number of rotatable bonds is 12. The van der Waals surface area contributed by atoms with E-state index in [1.165, 1.54) is 12.0 Å². The predicted molar refractivity (Wildman–Crippen MR) is 118 cm³/mol. The van der Waals surface area contributed by atoms with Crippen LogP contribution < -0.4 is 10.6 Å². The van der Waals surface area contributed by atoms with Crippen LogP contribution in [0.1, 0.15) is 45.6 Å². The molecule has 2 N–H and O–H groups in total. The van der Waals surface area contributed by atoms with Gasteiger partial charge < -0.3 is 15.5 Å². The highest BCUT2D eigenvalue weighted by Crippen LogP contribution is 2.07. The van der Waals surface area contributed by atoms with E-state index >= 15 is 0 Å². The van der Waals surface area contributed by atoms with E-state index in [0.29, 0.717) is 12.1 Å². The number of aliphatic imine (C=N–C) groups is 1. The molecule has 0 heterocycles. The van der Waals surface area contributed by atoms with Crippen LogP contribution in [-0.2, 0) is 6.54 Å². The van der Waals surface area contributed by atoms with Crippen LogP contribution in [0.4, 0.5) is 0 Å². The number of nitrogens with one attached hydrogen (secondary N) is 2. The third kappa shape index (κ3) is 10.4. The van der Waals surface area contributed by atoms with E-state index in [9.17, 15) is 0 Å². The summed E-state index contributed by atoms with van der Waals surface area (Å²) in [6.07, 6.45) is 3.46. The van der Waals surface area contributed by atoms with Crippen molar-refractivity contribution >= 4 is 5.96 Å². The molecule has 0 aliphatic carbocycles. The maximum Gasteiger partial charge on any atom is 0.190 e. The molecule has 1 unspecified atom stereocenters. The maximum absolute atomic E-state index is 4.33. The minimum atomic E-state index is 0.516. The summed E-state index contributed by atoms with van der Waals surface area (Å²) in [7, 11) is 6.22. The summed E-state index contributed by atoms with van der Waals surface area (Å²) < 4.78 is 0. The SMILES string of the molecule is CN=C(NCCCCN(C)C(C)C)NCCC(C)N(C)Cc1ccccc1. The molecule has 154 valence electrons. The monoisotopic (exact) mass is 375 g/mol. The number of hydrogen-bond acceptors (Lipinski definition) is 3. The zero-order valence-electron chi connectivity index (χ0n) is 18.3. The molecule has 0 radical (unpaired) electrons. The molecule has 1 aromatic carbocycles. The van der Waals surface area contributed by atoms with Gasteiger partial charge >= 0.3 is 0 Å². The summed E-state index contributed by atoms with van der Waals surface area (Å²) in [6.45, 7) is 10.8. The van der Waals surface area contributed by atoms with Gasteiger partial charge in [-0.25, -0.2) is 0 Å². The van der Waals surface area contributed by atoms with E-state index in [4.69, 9.17) is 0 Å². The van der Waals surface area contributed by atoms with Gasteiger partial charge in [-0.1, -0.05) is 30.3 Å². The number of hydrogen-bond donors (Lipinski definition) is 2. The molecule has 5 heteroatoms. The third-order valence-corrected chi connectivity index (χ3v) is 5.22. The zero-order chi connectivity index (χ0) is 20.1. The second kappa shape index (κ2) is 13.6. The van der Waals surface area contributed by atoms with Crippen molar-refractivity contribution in [1.82, 2.24) is 20.4 Å². The fraction of sp³-hybridized carbons (Fsp3) is 0.682. The first-order valence-corrected chi connectivity index (χ1v) is 10.3. The maximum atomic E-state index is 4.33. The second-order valence-electron chi connectivity index (χ2n) is 7.75. The molecule has 0 amide bonds. The third-order valence-electron chi connectivity index (χ3n) is 5.22. The summed E-state index contributed by atoms with van der Waals surface area (Å²) >= 11 is 0. The Bertz CT molecular complexity index is 515. The molecule has 1 atom stereocenters. The van der Waals surface area contributed by atoms with E-state index in [0.717, 1.165) is 45.0 Å². The fourth-order valence-electron chi connectivity index (χ4n) is 2.82. The van der Waals surface area contributed by atoms with Crippen LogP contribution in [0.3, 0.4) is 0 Å². The van der Waals surface area contributed by atoms with Crippen molar-refractivity contribution in [1.29, 1.82) is 0 Å². The lowest BCUT2D eigenvalue weighted by atomic mass is 10.1. The Balaban J connectivity index is 2.17. The van der Waals surface area contributed by atoms with E-state index < -0.39 is 0 Å². The second-order valence-corrected chi connectivity index (χ2v) is 7.75. The Kier molecular flexibility index (Phi) is 11.8. The van der Waals surface area contributed by atoms with Crippen molar-refractivity contribution < 1.29 is 0 Å². The molecule has 1 aromatic rings. The van der Waals surface area contributed by atoms with Gasteiger partial charge in [0.05, 0.1) is 0 Å². The van der Waals surface area contributed by atoms with Gasteiger partial charge in [-0.15, -0.1) is 0 Å². The highest BCUT2D eigenvalue weighted by atomic mass is 15.2. The lowest BCUT2D eigenvalue weighted by molar-refractivity contribution is 0.238. The fourth-order valence-corrected chi connectivity index (χ4v) is 2.82. The van der Waals surface area contributed by atoms with Gasteiger partial charge in [-0.05, 0) is 66.2 Å². The summed E-state index contributed by atoms with van der Waals surface area (Å²) in [4.78, 5) is 9.12. The van der Waals surface area contributed by atoms with Crippen molar-refractivity contribution in [2.45, 2.75) is 58.7 Å². The van der Waals surface area contributed by atoms with Gasteiger partial charge in [0.1, 0.15) is 0 Å². The molecular formula is C22H41N5. The Hall–Kier alpha value is -1.59. The van der Waals surface area contributed by atoms with Gasteiger partial charge in [0.15, 0.2) is 5.96 Å². The largest absolute Gasteiger partial charge is 0.356 e. The van der Waals surface area contributed by atoms with Crippen molar-refractivity contribution in [2.75, 3.05) is 40.8 Å². The van der Waals surface area contributed by atoms with E-state index in [1.807, 2.05) is 7.05 Å². The van der Waals surface area contributed by atoms with Gasteiger partial charge in [-0.2, -0.15) is 0 Å². The van der Waals surface area contributed by atoms with E-state index in [-0.39, 0.29) is 0 Å². The molecule has 0 aliphatic heterocycles. The number of guanidine groups is 1. The number of nitrogens with zero attached hydrogens (tertiary/aromatic N) is 3. The topological polar surface area (TPSA) is 42.9 Å². The van der Waals surface area contributed by atoms with E-state index in [1.54, 1.807) is 0 Å². The molecule has 0 saturated carbocycles. The lowest BCUT2D eigenvalue weighted by Gasteiger charge is -2.25. The molecule has 0 spiro atoms. The molecule has 27 heavy (non-hydrogen) atoms. The van der Waals surface area contributed by atoms with Gasteiger partial charge in [0.2, 0.25) is 0 Å². The van der Waals surface area contributed by atoms with Crippen LogP contribution >= 0.6 is 0 Å². The molecule has 0 aliphatic rings. The van der Waals surface area contributed by atoms with Crippen molar-refractivity contribution in [2.24, 2.45) is 4.99 Å². The smallest absolute Gasteiger partial charge is 0.190 e. The van der Waals surface area contributed by atoms with E-state index in [2.05, 4.69) is 90.6 Å².